The predicted molar refractivity (Wildman–Crippen MR) is 87.4 cm³/mol. The zero-order chi connectivity index (χ0) is 14.9. The van der Waals surface area contributed by atoms with Gasteiger partial charge in [0.2, 0.25) is 0 Å². The van der Waals surface area contributed by atoms with Crippen LogP contribution >= 0.6 is 31.9 Å². The number of aryl methyl sites for hydroxylation is 1. The van der Waals surface area contributed by atoms with Gasteiger partial charge in [-0.05, 0) is 59.6 Å². The summed E-state index contributed by atoms with van der Waals surface area (Å²) in [4.78, 5) is 12.3. The number of phenols is 1. The number of hydrogen-bond acceptors (Lipinski definition) is 2. The van der Waals surface area contributed by atoms with Crippen molar-refractivity contribution in [2.45, 2.75) is 13.8 Å². The molecule has 0 aliphatic rings. The van der Waals surface area contributed by atoms with Crippen LogP contribution in [0.4, 0.5) is 5.69 Å². The van der Waals surface area contributed by atoms with E-state index in [1.54, 1.807) is 31.2 Å². The number of phenolic OH excluding ortho intramolecular Hbond substituents is 1. The molecule has 0 saturated heterocycles. The molecular formula is C15H13Br2NO2. The maximum absolute atomic E-state index is 12.3. The molecular weight excluding hydrogens is 386 g/mol. The maximum atomic E-state index is 12.3. The van der Waals surface area contributed by atoms with Crippen molar-refractivity contribution in [1.29, 1.82) is 0 Å². The minimum atomic E-state index is -0.226. The molecule has 0 bridgehead atoms. The number of amides is 1. The number of hydrogen-bond donors (Lipinski definition) is 2. The quantitative estimate of drug-likeness (QED) is 0.764. The molecule has 0 unspecified atom stereocenters. The van der Waals surface area contributed by atoms with E-state index in [1.807, 2.05) is 13.0 Å². The van der Waals surface area contributed by atoms with E-state index in [0.29, 0.717) is 21.3 Å². The molecule has 20 heavy (non-hydrogen) atoms. The Hall–Kier alpha value is -1.33. The fraction of sp³-hybridized carbons (Fsp3) is 0.133. The Morgan fingerprint density at radius 1 is 1.15 bits per heavy atom. The molecule has 0 heterocycles. The van der Waals surface area contributed by atoms with Crippen molar-refractivity contribution < 1.29 is 9.90 Å². The van der Waals surface area contributed by atoms with Gasteiger partial charge in [0, 0.05) is 20.2 Å². The van der Waals surface area contributed by atoms with Crippen molar-refractivity contribution in [3.63, 3.8) is 0 Å². The van der Waals surface area contributed by atoms with Gasteiger partial charge in [0.15, 0.2) is 0 Å². The highest BCUT2D eigenvalue weighted by atomic mass is 79.9. The van der Waals surface area contributed by atoms with Crippen LogP contribution in [0.25, 0.3) is 0 Å². The summed E-state index contributed by atoms with van der Waals surface area (Å²) in [5.74, 6) is -0.0200. The Morgan fingerprint density at radius 2 is 1.85 bits per heavy atom. The van der Waals surface area contributed by atoms with Gasteiger partial charge in [-0.3, -0.25) is 4.79 Å². The molecule has 2 aromatic rings. The third kappa shape index (κ3) is 3.04. The monoisotopic (exact) mass is 397 g/mol. The Labute approximate surface area is 134 Å². The molecule has 0 aliphatic carbocycles. The molecule has 2 N–H and O–H groups in total. The van der Waals surface area contributed by atoms with Crippen LogP contribution < -0.4 is 5.32 Å². The number of carbonyl (C=O) groups is 1. The Morgan fingerprint density at radius 3 is 2.50 bits per heavy atom. The van der Waals surface area contributed by atoms with Gasteiger partial charge in [0.1, 0.15) is 5.75 Å². The Bertz CT molecular complexity index is 684. The number of halogens is 2. The largest absolute Gasteiger partial charge is 0.507 e. The second-order valence-corrected chi connectivity index (χ2v) is 6.25. The SMILES string of the molecule is Cc1ccc(NC(=O)c2ccc(Br)cc2Br)c(C)c1O. The van der Waals surface area contributed by atoms with E-state index in [-0.39, 0.29) is 11.7 Å². The summed E-state index contributed by atoms with van der Waals surface area (Å²) < 4.78 is 1.60. The highest BCUT2D eigenvalue weighted by molar-refractivity contribution is 9.11. The molecule has 0 radical (unpaired) electrons. The van der Waals surface area contributed by atoms with E-state index < -0.39 is 0 Å². The summed E-state index contributed by atoms with van der Waals surface area (Å²) in [6.07, 6.45) is 0. The van der Waals surface area contributed by atoms with E-state index in [2.05, 4.69) is 37.2 Å². The zero-order valence-corrected chi connectivity index (χ0v) is 14.2. The summed E-state index contributed by atoms with van der Waals surface area (Å²) in [5, 5.41) is 12.7. The number of anilines is 1. The summed E-state index contributed by atoms with van der Waals surface area (Å²) in [5.41, 5.74) is 2.58. The van der Waals surface area contributed by atoms with Crippen molar-refractivity contribution >= 4 is 43.5 Å². The highest BCUT2D eigenvalue weighted by Gasteiger charge is 2.13. The van der Waals surface area contributed by atoms with E-state index in [1.165, 1.54) is 0 Å². The fourth-order valence-corrected chi connectivity index (χ4v) is 3.06. The van der Waals surface area contributed by atoms with Crippen LogP contribution in [0.1, 0.15) is 21.5 Å². The highest BCUT2D eigenvalue weighted by Crippen LogP contribution is 2.29. The fourth-order valence-electron chi connectivity index (χ4n) is 1.83. The van der Waals surface area contributed by atoms with Crippen LogP contribution in [-0.2, 0) is 0 Å². The lowest BCUT2D eigenvalue weighted by Crippen LogP contribution is -2.13. The van der Waals surface area contributed by atoms with Crippen molar-refractivity contribution in [2.75, 3.05) is 5.32 Å². The average Bonchev–Trinajstić information content (AvgIpc) is 2.39. The van der Waals surface area contributed by atoms with Crippen LogP contribution in [0.15, 0.2) is 39.3 Å². The first-order chi connectivity index (χ1) is 9.40. The van der Waals surface area contributed by atoms with E-state index in [9.17, 15) is 9.90 Å². The molecule has 1 amide bonds. The third-order valence-electron chi connectivity index (χ3n) is 3.06. The summed E-state index contributed by atoms with van der Waals surface area (Å²) in [6.45, 7) is 3.59. The standard InChI is InChI=1S/C15H13Br2NO2/c1-8-3-6-13(9(2)14(8)19)18-15(20)11-5-4-10(16)7-12(11)17/h3-7,19H,1-2H3,(H,18,20). The number of benzene rings is 2. The van der Waals surface area contributed by atoms with Crippen molar-refractivity contribution in [2.24, 2.45) is 0 Å². The zero-order valence-electron chi connectivity index (χ0n) is 11.0. The van der Waals surface area contributed by atoms with E-state index in [4.69, 9.17) is 0 Å². The summed E-state index contributed by atoms with van der Waals surface area (Å²) in [6, 6.07) is 8.91. The summed E-state index contributed by atoms with van der Waals surface area (Å²) >= 11 is 6.71. The molecule has 3 nitrogen and oxygen atoms in total. The summed E-state index contributed by atoms with van der Waals surface area (Å²) in [7, 11) is 0. The second kappa shape index (κ2) is 5.97. The molecule has 0 aromatic heterocycles. The van der Waals surface area contributed by atoms with Gasteiger partial charge < -0.3 is 10.4 Å². The lowest BCUT2D eigenvalue weighted by atomic mass is 10.1. The molecule has 0 aliphatic heterocycles. The van der Waals surface area contributed by atoms with Gasteiger partial charge in [0.25, 0.3) is 5.91 Å². The molecule has 0 fully saturated rings. The van der Waals surface area contributed by atoms with Gasteiger partial charge in [-0.25, -0.2) is 0 Å². The van der Waals surface area contributed by atoms with Gasteiger partial charge in [-0.1, -0.05) is 22.0 Å². The van der Waals surface area contributed by atoms with Crippen LogP contribution in [0.3, 0.4) is 0 Å². The number of carbonyl (C=O) groups excluding carboxylic acids is 1. The second-order valence-electron chi connectivity index (χ2n) is 4.48. The molecule has 2 rings (SSSR count). The van der Waals surface area contributed by atoms with Gasteiger partial charge in [-0.15, -0.1) is 0 Å². The Balaban J connectivity index is 2.30. The smallest absolute Gasteiger partial charge is 0.256 e. The van der Waals surface area contributed by atoms with Crippen molar-refractivity contribution in [3.8, 4) is 5.75 Å². The van der Waals surface area contributed by atoms with Crippen LogP contribution in [-0.4, -0.2) is 11.0 Å². The Kier molecular flexibility index (Phi) is 4.50. The van der Waals surface area contributed by atoms with Gasteiger partial charge in [0.05, 0.1) is 5.56 Å². The normalized spacial score (nSPS) is 10.4. The first-order valence-electron chi connectivity index (χ1n) is 5.95. The van der Waals surface area contributed by atoms with Crippen molar-refractivity contribution in [3.05, 3.63) is 56.0 Å². The lowest BCUT2D eigenvalue weighted by Gasteiger charge is -2.12. The number of rotatable bonds is 2. The van der Waals surface area contributed by atoms with Gasteiger partial charge in [-0.2, -0.15) is 0 Å². The van der Waals surface area contributed by atoms with Crippen LogP contribution in [0.2, 0.25) is 0 Å². The molecule has 0 atom stereocenters. The number of nitrogens with one attached hydrogen (secondary N) is 1. The van der Waals surface area contributed by atoms with Crippen LogP contribution in [0, 0.1) is 13.8 Å². The molecule has 5 heteroatoms. The molecule has 2 aromatic carbocycles. The number of aromatic hydroxyl groups is 1. The topological polar surface area (TPSA) is 49.3 Å². The predicted octanol–water partition coefficient (Wildman–Crippen LogP) is 4.79. The lowest BCUT2D eigenvalue weighted by molar-refractivity contribution is 0.102. The van der Waals surface area contributed by atoms with Crippen LogP contribution in [0.5, 0.6) is 5.75 Å². The first kappa shape index (κ1) is 15.1. The minimum absolute atomic E-state index is 0.206. The molecule has 104 valence electrons. The first-order valence-corrected chi connectivity index (χ1v) is 7.54. The minimum Gasteiger partial charge on any atom is -0.507 e. The van der Waals surface area contributed by atoms with Crippen molar-refractivity contribution in [1.82, 2.24) is 0 Å². The van der Waals surface area contributed by atoms with Gasteiger partial charge >= 0.3 is 0 Å². The average molecular weight is 399 g/mol. The molecule has 0 saturated carbocycles. The van der Waals surface area contributed by atoms with E-state index in [0.717, 1.165) is 10.0 Å². The third-order valence-corrected chi connectivity index (χ3v) is 4.21. The van der Waals surface area contributed by atoms with E-state index >= 15 is 0 Å². The maximum Gasteiger partial charge on any atom is 0.256 e. The molecule has 0 spiro atoms.